The van der Waals surface area contributed by atoms with Crippen molar-refractivity contribution in [3.05, 3.63) is 65.5 Å². The van der Waals surface area contributed by atoms with Crippen LogP contribution in [0.25, 0.3) is 0 Å². The molecule has 108 valence electrons. The minimum absolute atomic E-state index is 0.0374. The van der Waals surface area contributed by atoms with Gasteiger partial charge in [-0.3, -0.25) is 4.79 Å². The molecule has 0 heterocycles. The van der Waals surface area contributed by atoms with Crippen LogP contribution in [0.2, 0.25) is 0 Å². The lowest BCUT2D eigenvalue weighted by atomic mass is 10.1. The van der Waals surface area contributed by atoms with Crippen LogP contribution < -0.4 is 11.1 Å². The Labute approximate surface area is 120 Å². The van der Waals surface area contributed by atoms with Gasteiger partial charge in [0.2, 0.25) is 5.91 Å². The summed E-state index contributed by atoms with van der Waals surface area (Å²) in [5.41, 5.74) is 7.22. The van der Waals surface area contributed by atoms with E-state index in [2.05, 4.69) is 10.5 Å². The van der Waals surface area contributed by atoms with Gasteiger partial charge in [0, 0.05) is 11.3 Å². The van der Waals surface area contributed by atoms with Gasteiger partial charge in [0.15, 0.2) is 5.84 Å². The van der Waals surface area contributed by atoms with Gasteiger partial charge in [-0.25, -0.2) is 4.39 Å². The van der Waals surface area contributed by atoms with Gasteiger partial charge in [0.25, 0.3) is 0 Å². The first kappa shape index (κ1) is 14.5. The third-order valence-electron chi connectivity index (χ3n) is 2.83. The highest BCUT2D eigenvalue weighted by molar-refractivity contribution is 5.99. The Kier molecular flexibility index (Phi) is 4.50. The molecule has 0 unspecified atom stereocenters. The molecule has 0 bridgehead atoms. The number of hydrogen-bond acceptors (Lipinski definition) is 3. The molecular weight excluding hydrogens is 273 g/mol. The zero-order valence-corrected chi connectivity index (χ0v) is 11.1. The second kappa shape index (κ2) is 6.51. The summed E-state index contributed by atoms with van der Waals surface area (Å²) in [5.74, 6) is -0.617. The van der Waals surface area contributed by atoms with Gasteiger partial charge in [-0.2, -0.15) is 0 Å². The summed E-state index contributed by atoms with van der Waals surface area (Å²) >= 11 is 0. The monoisotopic (exact) mass is 287 g/mol. The first-order valence-corrected chi connectivity index (χ1v) is 6.21. The molecule has 0 aromatic heterocycles. The molecule has 2 rings (SSSR count). The number of rotatable bonds is 4. The maximum absolute atomic E-state index is 12.8. The van der Waals surface area contributed by atoms with Gasteiger partial charge in [0.1, 0.15) is 5.82 Å². The van der Waals surface area contributed by atoms with E-state index in [4.69, 9.17) is 10.9 Å². The topological polar surface area (TPSA) is 87.7 Å². The second-order valence-electron chi connectivity index (χ2n) is 4.42. The molecule has 21 heavy (non-hydrogen) atoms. The molecule has 0 saturated carbocycles. The Bertz CT molecular complexity index is 669. The van der Waals surface area contributed by atoms with E-state index < -0.39 is 0 Å². The standard InChI is InChI=1S/C15H14FN3O2/c16-12-6-4-10(5-7-12)8-14(20)18-13-3-1-2-11(9-13)15(17)19-21/h1-7,9,21H,8H2,(H2,17,19)(H,18,20). The average Bonchev–Trinajstić information content (AvgIpc) is 2.49. The zero-order chi connectivity index (χ0) is 15.2. The van der Waals surface area contributed by atoms with Crippen molar-refractivity contribution in [3.63, 3.8) is 0 Å². The van der Waals surface area contributed by atoms with Gasteiger partial charge in [-0.15, -0.1) is 0 Å². The quantitative estimate of drug-likeness (QED) is 0.348. The molecule has 0 aliphatic carbocycles. The maximum atomic E-state index is 12.8. The fourth-order valence-electron chi connectivity index (χ4n) is 1.81. The van der Waals surface area contributed by atoms with Crippen molar-refractivity contribution in [2.45, 2.75) is 6.42 Å². The molecule has 0 fully saturated rings. The van der Waals surface area contributed by atoms with E-state index in [-0.39, 0.29) is 24.0 Å². The molecule has 0 atom stereocenters. The van der Waals surface area contributed by atoms with Crippen molar-refractivity contribution in [2.75, 3.05) is 5.32 Å². The van der Waals surface area contributed by atoms with Gasteiger partial charge in [-0.05, 0) is 29.8 Å². The highest BCUT2D eigenvalue weighted by atomic mass is 19.1. The van der Waals surface area contributed by atoms with Crippen LogP contribution in [0.3, 0.4) is 0 Å². The van der Waals surface area contributed by atoms with Crippen LogP contribution in [0.4, 0.5) is 10.1 Å². The molecule has 2 aromatic rings. The molecule has 0 aliphatic rings. The Hall–Kier alpha value is -2.89. The van der Waals surface area contributed by atoms with Gasteiger partial charge < -0.3 is 16.3 Å². The van der Waals surface area contributed by atoms with Crippen LogP contribution in [-0.4, -0.2) is 17.0 Å². The molecule has 4 N–H and O–H groups in total. The molecule has 0 spiro atoms. The minimum Gasteiger partial charge on any atom is -0.409 e. The zero-order valence-electron chi connectivity index (χ0n) is 11.1. The van der Waals surface area contributed by atoms with E-state index >= 15 is 0 Å². The SMILES string of the molecule is N/C(=N/O)c1cccc(NC(=O)Cc2ccc(F)cc2)c1. The van der Waals surface area contributed by atoms with Crippen LogP contribution in [0.1, 0.15) is 11.1 Å². The molecule has 6 heteroatoms. The first-order chi connectivity index (χ1) is 10.1. The lowest BCUT2D eigenvalue weighted by molar-refractivity contribution is -0.115. The number of nitrogens with one attached hydrogen (secondary N) is 1. The fraction of sp³-hybridized carbons (Fsp3) is 0.0667. The number of anilines is 1. The van der Waals surface area contributed by atoms with E-state index in [0.29, 0.717) is 16.8 Å². The van der Waals surface area contributed by atoms with Crippen molar-refractivity contribution < 1.29 is 14.4 Å². The normalized spacial score (nSPS) is 11.2. The summed E-state index contributed by atoms with van der Waals surface area (Å²) in [5, 5.41) is 14.2. The van der Waals surface area contributed by atoms with Crippen LogP contribution in [0.15, 0.2) is 53.7 Å². The smallest absolute Gasteiger partial charge is 0.228 e. The lowest BCUT2D eigenvalue weighted by Crippen LogP contribution is -2.16. The van der Waals surface area contributed by atoms with E-state index in [0.717, 1.165) is 0 Å². The van der Waals surface area contributed by atoms with Crippen LogP contribution in [-0.2, 0) is 11.2 Å². The lowest BCUT2D eigenvalue weighted by Gasteiger charge is -2.07. The van der Waals surface area contributed by atoms with Crippen molar-refractivity contribution in [2.24, 2.45) is 10.9 Å². The van der Waals surface area contributed by atoms with Crippen molar-refractivity contribution >= 4 is 17.4 Å². The van der Waals surface area contributed by atoms with Gasteiger partial charge in [-0.1, -0.05) is 29.4 Å². The Morgan fingerprint density at radius 3 is 2.62 bits per heavy atom. The molecule has 0 saturated heterocycles. The van der Waals surface area contributed by atoms with Crippen molar-refractivity contribution in [1.29, 1.82) is 0 Å². The maximum Gasteiger partial charge on any atom is 0.228 e. The van der Waals surface area contributed by atoms with E-state index in [1.54, 1.807) is 36.4 Å². The predicted molar refractivity (Wildman–Crippen MR) is 77.7 cm³/mol. The number of benzene rings is 2. The number of halogens is 1. The number of amides is 1. The largest absolute Gasteiger partial charge is 0.409 e. The van der Waals surface area contributed by atoms with Crippen LogP contribution in [0, 0.1) is 5.82 Å². The highest BCUT2D eigenvalue weighted by Gasteiger charge is 2.06. The summed E-state index contributed by atoms with van der Waals surface area (Å²) < 4.78 is 12.8. The molecule has 0 aliphatic heterocycles. The minimum atomic E-state index is -0.342. The molecule has 2 aromatic carbocycles. The van der Waals surface area contributed by atoms with E-state index in [1.165, 1.54) is 12.1 Å². The number of oxime groups is 1. The molecule has 0 radical (unpaired) electrons. The van der Waals surface area contributed by atoms with E-state index in [9.17, 15) is 9.18 Å². The number of nitrogens with two attached hydrogens (primary N) is 1. The first-order valence-electron chi connectivity index (χ1n) is 6.21. The van der Waals surface area contributed by atoms with Crippen LogP contribution in [0.5, 0.6) is 0 Å². The molecule has 5 nitrogen and oxygen atoms in total. The third-order valence-corrected chi connectivity index (χ3v) is 2.83. The molecular formula is C15H14FN3O2. The van der Waals surface area contributed by atoms with Crippen molar-refractivity contribution in [3.8, 4) is 0 Å². The molecule has 1 amide bonds. The Balaban J connectivity index is 2.04. The second-order valence-corrected chi connectivity index (χ2v) is 4.42. The summed E-state index contributed by atoms with van der Waals surface area (Å²) in [7, 11) is 0. The summed E-state index contributed by atoms with van der Waals surface area (Å²) in [4.78, 5) is 11.9. The summed E-state index contributed by atoms with van der Waals surface area (Å²) in [6.07, 6.45) is 0.133. The number of hydrogen-bond donors (Lipinski definition) is 3. The summed E-state index contributed by atoms with van der Waals surface area (Å²) in [6, 6.07) is 12.4. The van der Waals surface area contributed by atoms with Crippen LogP contribution >= 0.6 is 0 Å². The Morgan fingerprint density at radius 1 is 1.24 bits per heavy atom. The predicted octanol–water partition coefficient (Wildman–Crippen LogP) is 2.10. The Morgan fingerprint density at radius 2 is 1.95 bits per heavy atom. The number of carbonyl (C=O) groups excluding carboxylic acids is 1. The number of carbonyl (C=O) groups is 1. The van der Waals surface area contributed by atoms with Gasteiger partial charge in [0.05, 0.1) is 6.42 Å². The van der Waals surface area contributed by atoms with Gasteiger partial charge >= 0.3 is 0 Å². The highest BCUT2D eigenvalue weighted by Crippen LogP contribution is 2.11. The number of amidine groups is 1. The number of nitrogens with zero attached hydrogens (tertiary/aromatic N) is 1. The van der Waals surface area contributed by atoms with Crippen molar-refractivity contribution in [1.82, 2.24) is 0 Å². The fourth-order valence-corrected chi connectivity index (χ4v) is 1.81. The van der Waals surface area contributed by atoms with E-state index in [1.807, 2.05) is 0 Å². The average molecular weight is 287 g/mol. The third kappa shape index (κ3) is 4.04. The summed E-state index contributed by atoms with van der Waals surface area (Å²) in [6.45, 7) is 0.